The summed E-state index contributed by atoms with van der Waals surface area (Å²) in [6, 6.07) is 19.0. The number of hydrogen-bond acceptors (Lipinski definition) is 6. The van der Waals surface area contributed by atoms with Crippen LogP contribution in [0.2, 0.25) is 0 Å². The molecule has 2 aromatic heterocycles. The maximum absolute atomic E-state index is 13.0. The van der Waals surface area contributed by atoms with Crippen molar-refractivity contribution in [1.29, 1.82) is 0 Å². The molecule has 3 heterocycles. The van der Waals surface area contributed by atoms with Gasteiger partial charge in [0.05, 0.1) is 18.1 Å². The second-order valence-electron chi connectivity index (χ2n) is 9.87. The first-order chi connectivity index (χ1) is 17.8. The van der Waals surface area contributed by atoms with Crippen LogP contribution in [0.5, 0.6) is 0 Å². The molecule has 0 saturated carbocycles. The second-order valence-corrected chi connectivity index (χ2v) is 9.87. The lowest BCUT2D eigenvalue weighted by Crippen LogP contribution is -2.58. The highest BCUT2D eigenvalue weighted by Crippen LogP contribution is 2.31. The molecule has 1 aliphatic heterocycles. The van der Waals surface area contributed by atoms with Gasteiger partial charge in [0.15, 0.2) is 5.82 Å². The van der Waals surface area contributed by atoms with Crippen molar-refractivity contribution in [3.8, 4) is 11.1 Å². The summed E-state index contributed by atoms with van der Waals surface area (Å²) in [7, 11) is 3.46. The zero-order valence-corrected chi connectivity index (χ0v) is 21.1. The van der Waals surface area contributed by atoms with E-state index in [2.05, 4.69) is 20.3 Å². The fraction of sp³-hybridized carbons (Fsp3) is 0.286. The van der Waals surface area contributed by atoms with E-state index in [1.165, 1.54) is 6.33 Å². The van der Waals surface area contributed by atoms with E-state index in [9.17, 15) is 14.7 Å². The second kappa shape index (κ2) is 9.67. The minimum atomic E-state index is -0.843. The highest BCUT2D eigenvalue weighted by atomic mass is 16.3. The SMILES string of the molecule is CN(C)C(=O)c1ccc(-c2cc3c(N4CC(C(=O)N[C@@](C)(CO)c5ccccc5)C4)ncnn3c2)cc1. The molecular formula is C28H30N6O3. The van der Waals surface area contributed by atoms with Crippen molar-refractivity contribution in [3.63, 3.8) is 0 Å². The standard InChI is InChI=1S/C28H30N6O3/c1-28(17-35,23-7-5-4-6-8-23)31-26(36)22-14-33(15-22)25-24-13-21(16-34(24)30-18-29-25)19-9-11-20(12-10-19)27(37)32(2)3/h4-13,16,18,22,35H,14-15,17H2,1-3H3,(H,31,36)/t28-/m0/s1. The smallest absolute Gasteiger partial charge is 0.253 e. The third-order valence-electron chi connectivity index (χ3n) is 6.94. The van der Waals surface area contributed by atoms with Crippen LogP contribution in [0.4, 0.5) is 5.82 Å². The number of aromatic nitrogens is 3. The topological polar surface area (TPSA) is 103 Å². The number of carbonyl (C=O) groups excluding carboxylic acids is 2. The average Bonchev–Trinajstić information content (AvgIpc) is 3.33. The minimum Gasteiger partial charge on any atom is -0.394 e. The largest absolute Gasteiger partial charge is 0.394 e. The van der Waals surface area contributed by atoms with Crippen LogP contribution >= 0.6 is 0 Å². The Hall–Kier alpha value is -4.24. The lowest BCUT2D eigenvalue weighted by molar-refractivity contribution is -0.128. The maximum atomic E-state index is 13.0. The van der Waals surface area contributed by atoms with Crippen LogP contribution in [0.25, 0.3) is 16.6 Å². The van der Waals surface area contributed by atoms with Crippen LogP contribution in [0, 0.1) is 5.92 Å². The predicted octanol–water partition coefficient (Wildman–Crippen LogP) is 2.56. The molecule has 9 nitrogen and oxygen atoms in total. The number of aliphatic hydroxyl groups excluding tert-OH is 1. The highest BCUT2D eigenvalue weighted by molar-refractivity contribution is 5.94. The fourth-order valence-electron chi connectivity index (χ4n) is 4.58. The average molecular weight is 499 g/mol. The first-order valence-electron chi connectivity index (χ1n) is 12.2. The van der Waals surface area contributed by atoms with Gasteiger partial charge in [-0.2, -0.15) is 5.10 Å². The Kier molecular flexibility index (Phi) is 6.39. The normalized spacial score (nSPS) is 15.2. The quantitative estimate of drug-likeness (QED) is 0.406. The highest BCUT2D eigenvalue weighted by Gasteiger charge is 2.38. The zero-order chi connectivity index (χ0) is 26.2. The Bertz CT molecular complexity index is 1430. The molecule has 1 saturated heterocycles. The summed E-state index contributed by atoms with van der Waals surface area (Å²) >= 11 is 0. The molecule has 2 amide bonds. The monoisotopic (exact) mass is 498 g/mol. The summed E-state index contributed by atoms with van der Waals surface area (Å²) in [4.78, 5) is 33.3. The van der Waals surface area contributed by atoms with Crippen LogP contribution in [0.15, 0.2) is 73.2 Å². The number of aliphatic hydroxyl groups is 1. The van der Waals surface area contributed by atoms with Crippen LogP contribution in [0.1, 0.15) is 22.8 Å². The Morgan fingerprint density at radius 3 is 2.43 bits per heavy atom. The van der Waals surface area contributed by atoms with E-state index in [-0.39, 0.29) is 24.3 Å². The lowest BCUT2D eigenvalue weighted by Gasteiger charge is -2.41. The molecule has 9 heteroatoms. The minimum absolute atomic E-state index is 0.0406. The van der Waals surface area contributed by atoms with Crippen LogP contribution < -0.4 is 10.2 Å². The number of hydrogen-bond donors (Lipinski definition) is 2. The van der Waals surface area contributed by atoms with Gasteiger partial charge in [-0.15, -0.1) is 0 Å². The van der Waals surface area contributed by atoms with E-state index in [1.54, 1.807) is 23.5 Å². The van der Waals surface area contributed by atoms with Crippen molar-refractivity contribution >= 4 is 23.1 Å². The molecule has 37 heavy (non-hydrogen) atoms. The van der Waals surface area contributed by atoms with Crippen molar-refractivity contribution < 1.29 is 14.7 Å². The molecule has 1 aliphatic rings. The van der Waals surface area contributed by atoms with E-state index in [0.717, 1.165) is 28.0 Å². The zero-order valence-electron chi connectivity index (χ0n) is 21.1. The molecule has 0 unspecified atom stereocenters. The number of rotatable bonds is 7. The molecule has 0 spiro atoms. The van der Waals surface area contributed by atoms with Crippen molar-refractivity contribution in [2.24, 2.45) is 5.92 Å². The van der Waals surface area contributed by atoms with Crippen LogP contribution in [-0.4, -0.2) is 70.2 Å². The molecule has 4 aromatic rings. The van der Waals surface area contributed by atoms with Gasteiger partial charge in [0.25, 0.3) is 5.91 Å². The van der Waals surface area contributed by atoms with E-state index in [4.69, 9.17) is 0 Å². The Labute approximate surface area is 215 Å². The van der Waals surface area contributed by atoms with Gasteiger partial charge in [0, 0.05) is 44.5 Å². The van der Waals surface area contributed by atoms with E-state index >= 15 is 0 Å². The molecule has 190 valence electrons. The van der Waals surface area contributed by atoms with Crippen molar-refractivity contribution in [2.45, 2.75) is 12.5 Å². The number of nitrogens with one attached hydrogen (secondary N) is 1. The van der Waals surface area contributed by atoms with Crippen LogP contribution in [-0.2, 0) is 10.3 Å². The number of fused-ring (bicyclic) bond motifs is 1. The first-order valence-corrected chi connectivity index (χ1v) is 12.2. The van der Waals surface area contributed by atoms with Gasteiger partial charge in [-0.1, -0.05) is 42.5 Å². The molecule has 0 bridgehead atoms. The summed E-state index contributed by atoms with van der Waals surface area (Å²) in [6.07, 6.45) is 3.44. The van der Waals surface area contributed by atoms with Crippen LogP contribution in [0.3, 0.4) is 0 Å². The lowest BCUT2D eigenvalue weighted by atomic mass is 9.90. The number of nitrogens with zero attached hydrogens (tertiary/aromatic N) is 5. The molecular weight excluding hydrogens is 468 g/mol. The Morgan fingerprint density at radius 1 is 1.08 bits per heavy atom. The van der Waals surface area contributed by atoms with E-state index in [0.29, 0.717) is 18.7 Å². The molecule has 2 N–H and O–H groups in total. The van der Waals surface area contributed by atoms with Crippen molar-refractivity contribution in [3.05, 3.63) is 84.3 Å². The predicted molar refractivity (Wildman–Crippen MR) is 141 cm³/mol. The van der Waals surface area contributed by atoms with Gasteiger partial charge in [-0.05, 0) is 36.2 Å². The fourth-order valence-corrected chi connectivity index (χ4v) is 4.58. The summed E-state index contributed by atoms with van der Waals surface area (Å²) in [5.74, 6) is 0.421. The van der Waals surface area contributed by atoms with Crippen molar-refractivity contribution in [1.82, 2.24) is 24.8 Å². The number of anilines is 1. The van der Waals surface area contributed by atoms with Gasteiger partial charge in [-0.25, -0.2) is 9.50 Å². The summed E-state index contributed by atoms with van der Waals surface area (Å²) < 4.78 is 1.78. The van der Waals surface area contributed by atoms with Crippen molar-refractivity contribution in [2.75, 3.05) is 38.7 Å². The Balaban J connectivity index is 1.30. The Morgan fingerprint density at radius 2 is 1.78 bits per heavy atom. The molecule has 0 aliphatic carbocycles. The van der Waals surface area contributed by atoms with Gasteiger partial charge >= 0.3 is 0 Å². The number of amides is 2. The van der Waals surface area contributed by atoms with Gasteiger partial charge in [-0.3, -0.25) is 9.59 Å². The molecule has 5 rings (SSSR count). The number of benzene rings is 2. The van der Waals surface area contributed by atoms with Gasteiger partial charge in [0.1, 0.15) is 11.8 Å². The molecule has 1 atom stereocenters. The molecule has 1 fully saturated rings. The third kappa shape index (κ3) is 4.65. The van der Waals surface area contributed by atoms with Gasteiger partial charge in [0.2, 0.25) is 5.91 Å². The van der Waals surface area contributed by atoms with E-state index < -0.39 is 5.54 Å². The molecule has 0 radical (unpaired) electrons. The van der Waals surface area contributed by atoms with E-state index in [1.807, 2.05) is 73.8 Å². The summed E-state index contributed by atoms with van der Waals surface area (Å²) in [6.45, 7) is 2.69. The number of carbonyl (C=O) groups is 2. The third-order valence-corrected chi connectivity index (χ3v) is 6.94. The van der Waals surface area contributed by atoms with Gasteiger partial charge < -0.3 is 20.2 Å². The first kappa shape index (κ1) is 24.5. The summed E-state index contributed by atoms with van der Waals surface area (Å²) in [5, 5.41) is 17.4. The summed E-state index contributed by atoms with van der Waals surface area (Å²) in [5.41, 5.74) is 3.42. The molecule has 2 aromatic carbocycles. The maximum Gasteiger partial charge on any atom is 0.253 e.